The van der Waals surface area contributed by atoms with Crippen LogP contribution in [0.1, 0.15) is 38.7 Å². The molecule has 0 aliphatic rings. The van der Waals surface area contributed by atoms with Crippen molar-refractivity contribution in [2.45, 2.75) is 39.7 Å². The van der Waals surface area contributed by atoms with Crippen LogP contribution < -0.4 is 10.9 Å². The maximum Gasteiger partial charge on any atom is 0.264 e. The van der Waals surface area contributed by atoms with Crippen LogP contribution in [0, 0.1) is 0 Å². The topological polar surface area (TPSA) is 81.8 Å². The van der Waals surface area contributed by atoms with Gasteiger partial charge in [0, 0.05) is 6.54 Å². The normalized spacial score (nSPS) is 11.2. The molecule has 136 valence electrons. The van der Waals surface area contributed by atoms with Gasteiger partial charge in [-0.05, 0) is 30.0 Å². The standard InChI is InChI=1S/C19H23N5O2/c1-4-9-20-17(25)11-23-12-21-18-16(19(23)26)10-22-24(18)15-7-5-14(6-8-15)13(2)3/h5-8,10,12-13H,4,9,11H2,1-3H3,(H,20,25). The maximum atomic E-state index is 12.6. The summed E-state index contributed by atoms with van der Waals surface area (Å²) in [6, 6.07) is 8.03. The number of rotatable bonds is 6. The minimum absolute atomic E-state index is 0.0456. The average Bonchev–Trinajstić information content (AvgIpc) is 3.07. The smallest absolute Gasteiger partial charge is 0.264 e. The van der Waals surface area contributed by atoms with Gasteiger partial charge in [0.05, 0.1) is 11.9 Å². The van der Waals surface area contributed by atoms with E-state index in [4.69, 9.17) is 0 Å². The zero-order chi connectivity index (χ0) is 18.7. The Labute approximate surface area is 151 Å². The van der Waals surface area contributed by atoms with Crippen molar-refractivity contribution in [3.8, 4) is 5.69 Å². The number of aromatic nitrogens is 4. The van der Waals surface area contributed by atoms with E-state index in [1.807, 2.05) is 31.2 Å². The second-order valence-corrected chi connectivity index (χ2v) is 6.57. The van der Waals surface area contributed by atoms with Crippen LogP contribution in [0.5, 0.6) is 0 Å². The predicted octanol–water partition coefficient (Wildman–Crippen LogP) is 2.23. The highest BCUT2D eigenvalue weighted by molar-refractivity contribution is 5.77. The van der Waals surface area contributed by atoms with Crippen LogP contribution in [0.25, 0.3) is 16.7 Å². The molecule has 0 radical (unpaired) electrons. The zero-order valence-corrected chi connectivity index (χ0v) is 15.3. The average molecular weight is 353 g/mol. The molecule has 0 bridgehead atoms. The molecule has 1 amide bonds. The SMILES string of the molecule is CCCNC(=O)Cn1cnc2c(cnn2-c2ccc(C(C)C)cc2)c1=O. The Bertz CT molecular complexity index is 970. The quantitative estimate of drug-likeness (QED) is 0.737. The van der Waals surface area contributed by atoms with Gasteiger partial charge >= 0.3 is 0 Å². The molecule has 0 spiro atoms. The maximum absolute atomic E-state index is 12.6. The van der Waals surface area contributed by atoms with Gasteiger partial charge in [-0.3, -0.25) is 14.2 Å². The molecule has 0 atom stereocenters. The number of benzene rings is 1. The number of hydrogen-bond donors (Lipinski definition) is 1. The summed E-state index contributed by atoms with van der Waals surface area (Å²) in [7, 11) is 0. The summed E-state index contributed by atoms with van der Waals surface area (Å²) in [6.07, 6.45) is 3.75. The highest BCUT2D eigenvalue weighted by atomic mass is 16.2. The molecule has 0 aliphatic heterocycles. The number of amides is 1. The highest BCUT2D eigenvalue weighted by Crippen LogP contribution is 2.18. The number of carbonyl (C=O) groups is 1. The summed E-state index contributed by atoms with van der Waals surface area (Å²) in [4.78, 5) is 28.8. The van der Waals surface area contributed by atoms with Crippen molar-refractivity contribution in [2.75, 3.05) is 6.54 Å². The number of nitrogens with zero attached hydrogens (tertiary/aromatic N) is 4. The molecule has 2 aromatic heterocycles. The van der Waals surface area contributed by atoms with E-state index in [1.54, 1.807) is 4.68 Å². The molecule has 2 heterocycles. The summed E-state index contributed by atoms with van der Waals surface area (Å²) in [6.45, 7) is 6.80. The van der Waals surface area contributed by atoms with E-state index in [0.717, 1.165) is 12.1 Å². The minimum Gasteiger partial charge on any atom is -0.355 e. The number of fused-ring (bicyclic) bond motifs is 1. The van der Waals surface area contributed by atoms with Gasteiger partial charge in [0.15, 0.2) is 5.65 Å². The lowest BCUT2D eigenvalue weighted by Gasteiger charge is -2.08. The van der Waals surface area contributed by atoms with Crippen LogP contribution in [0.2, 0.25) is 0 Å². The van der Waals surface area contributed by atoms with Crippen molar-refractivity contribution in [2.24, 2.45) is 0 Å². The van der Waals surface area contributed by atoms with E-state index in [2.05, 4.69) is 29.2 Å². The lowest BCUT2D eigenvalue weighted by Crippen LogP contribution is -2.32. The third-order valence-electron chi connectivity index (χ3n) is 4.24. The summed E-state index contributed by atoms with van der Waals surface area (Å²) in [5.74, 6) is 0.245. The molecule has 7 nitrogen and oxygen atoms in total. The summed E-state index contributed by atoms with van der Waals surface area (Å²) in [5.41, 5.74) is 2.29. The Morgan fingerprint density at radius 3 is 2.62 bits per heavy atom. The lowest BCUT2D eigenvalue weighted by atomic mass is 10.0. The van der Waals surface area contributed by atoms with Crippen molar-refractivity contribution < 1.29 is 4.79 Å². The molecular formula is C19H23N5O2. The van der Waals surface area contributed by atoms with Crippen molar-refractivity contribution in [3.05, 3.63) is 52.7 Å². The molecular weight excluding hydrogens is 330 g/mol. The van der Waals surface area contributed by atoms with Gasteiger partial charge in [0.2, 0.25) is 5.91 Å². The van der Waals surface area contributed by atoms with E-state index < -0.39 is 0 Å². The Hall–Kier alpha value is -2.96. The number of hydrogen-bond acceptors (Lipinski definition) is 4. The third kappa shape index (κ3) is 3.51. The van der Waals surface area contributed by atoms with Crippen LogP contribution >= 0.6 is 0 Å². The molecule has 0 saturated heterocycles. The first-order valence-electron chi connectivity index (χ1n) is 8.81. The van der Waals surface area contributed by atoms with Gasteiger partial charge in [0.1, 0.15) is 18.3 Å². The van der Waals surface area contributed by atoms with Crippen molar-refractivity contribution in [1.29, 1.82) is 0 Å². The molecule has 1 N–H and O–H groups in total. The minimum atomic E-state index is -0.272. The number of nitrogens with one attached hydrogen (secondary N) is 1. The highest BCUT2D eigenvalue weighted by Gasteiger charge is 2.13. The molecule has 0 saturated carbocycles. The Kier molecular flexibility index (Phi) is 5.16. The van der Waals surface area contributed by atoms with E-state index >= 15 is 0 Å². The second kappa shape index (κ2) is 7.51. The summed E-state index contributed by atoms with van der Waals surface area (Å²) < 4.78 is 2.95. The first-order valence-corrected chi connectivity index (χ1v) is 8.81. The molecule has 0 fully saturated rings. The van der Waals surface area contributed by atoms with Crippen LogP contribution in [-0.4, -0.2) is 31.8 Å². The molecule has 26 heavy (non-hydrogen) atoms. The predicted molar refractivity (Wildman–Crippen MR) is 101 cm³/mol. The van der Waals surface area contributed by atoms with E-state index in [-0.39, 0.29) is 18.0 Å². The largest absolute Gasteiger partial charge is 0.355 e. The fourth-order valence-corrected chi connectivity index (χ4v) is 2.73. The first kappa shape index (κ1) is 17.8. The molecule has 3 aromatic rings. The first-order chi connectivity index (χ1) is 12.5. The van der Waals surface area contributed by atoms with Gasteiger partial charge in [-0.15, -0.1) is 0 Å². The monoisotopic (exact) mass is 353 g/mol. The van der Waals surface area contributed by atoms with Crippen molar-refractivity contribution >= 4 is 16.9 Å². The second-order valence-electron chi connectivity index (χ2n) is 6.57. The van der Waals surface area contributed by atoms with Crippen molar-refractivity contribution in [1.82, 2.24) is 24.6 Å². The summed E-state index contributed by atoms with van der Waals surface area (Å²) in [5, 5.41) is 7.46. The molecule has 0 unspecified atom stereocenters. The van der Waals surface area contributed by atoms with Gasteiger partial charge in [-0.1, -0.05) is 32.9 Å². The third-order valence-corrected chi connectivity index (χ3v) is 4.24. The van der Waals surface area contributed by atoms with E-state index in [0.29, 0.717) is 23.5 Å². The van der Waals surface area contributed by atoms with Gasteiger partial charge in [0.25, 0.3) is 5.56 Å². The zero-order valence-electron chi connectivity index (χ0n) is 15.3. The molecule has 3 rings (SSSR count). The van der Waals surface area contributed by atoms with Gasteiger partial charge in [-0.25, -0.2) is 9.67 Å². The fourth-order valence-electron chi connectivity index (χ4n) is 2.73. The Morgan fingerprint density at radius 1 is 1.23 bits per heavy atom. The molecule has 1 aromatic carbocycles. The van der Waals surface area contributed by atoms with Crippen molar-refractivity contribution in [3.63, 3.8) is 0 Å². The van der Waals surface area contributed by atoms with Crippen LogP contribution in [-0.2, 0) is 11.3 Å². The van der Waals surface area contributed by atoms with E-state index in [9.17, 15) is 9.59 Å². The lowest BCUT2D eigenvalue weighted by molar-refractivity contribution is -0.121. The Morgan fingerprint density at radius 2 is 1.96 bits per heavy atom. The summed E-state index contributed by atoms with van der Waals surface area (Å²) >= 11 is 0. The van der Waals surface area contributed by atoms with Crippen LogP contribution in [0.15, 0.2) is 41.6 Å². The van der Waals surface area contributed by atoms with E-state index in [1.165, 1.54) is 22.7 Å². The molecule has 7 heteroatoms. The van der Waals surface area contributed by atoms with Gasteiger partial charge < -0.3 is 5.32 Å². The fraction of sp³-hybridized carbons (Fsp3) is 0.368. The Balaban J connectivity index is 1.92. The number of carbonyl (C=O) groups excluding carboxylic acids is 1. The van der Waals surface area contributed by atoms with Crippen LogP contribution in [0.3, 0.4) is 0 Å². The van der Waals surface area contributed by atoms with Crippen LogP contribution in [0.4, 0.5) is 0 Å². The molecule has 0 aliphatic carbocycles. The van der Waals surface area contributed by atoms with Gasteiger partial charge in [-0.2, -0.15) is 5.10 Å².